The quantitative estimate of drug-likeness (QED) is 0.614. The van der Waals surface area contributed by atoms with Crippen LogP contribution in [0.5, 0.6) is 0 Å². The van der Waals surface area contributed by atoms with E-state index in [0.717, 1.165) is 49.9 Å². The minimum atomic E-state index is -1.01. The number of nitrogens with two attached hydrogens (primary N) is 1. The smallest absolute Gasteiger partial charge is 0.164 e. The fourth-order valence-corrected chi connectivity index (χ4v) is 5.43. The predicted octanol–water partition coefficient (Wildman–Crippen LogP) is 1.87. The van der Waals surface area contributed by atoms with Gasteiger partial charge in [-0.3, -0.25) is 9.80 Å². The first-order valence-corrected chi connectivity index (χ1v) is 11.9. The lowest BCUT2D eigenvalue weighted by molar-refractivity contribution is -0.0201. The normalized spacial score (nSPS) is 25.3. The third-order valence-corrected chi connectivity index (χ3v) is 7.53. The summed E-state index contributed by atoms with van der Waals surface area (Å²) < 4.78 is 17.3. The van der Waals surface area contributed by atoms with E-state index in [1.54, 1.807) is 4.68 Å². The van der Waals surface area contributed by atoms with Gasteiger partial charge in [0.1, 0.15) is 24.0 Å². The van der Waals surface area contributed by atoms with Crippen LogP contribution in [0.1, 0.15) is 18.0 Å². The molecule has 0 spiro atoms. The van der Waals surface area contributed by atoms with E-state index >= 15 is 4.39 Å². The lowest BCUT2D eigenvalue weighted by Gasteiger charge is -2.49. The second-order valence-corrected chi connectivity index (χ2v) is 9.88. The molecule has 0 bridgehead atoms. The molecule has 0 aliphatic carbocycles. The number of alkyl halides is 1. The van der Waals surface area contributed by atoms with Gasteiger partial charge in [-0.2, -0.15) is 5.10 Å². The van der Waals surface area contributed by atoms with E-state index in [9.17, 15) is 0 Å². The van der Waals surface area contributed by atoms with Crippen LogP contribution in [0.15, 0.2) is 30.6 Å². The van der Waals surface area contributed by atoms with Gasteiger partial charge in [-0.15, -0.1) is 0 Å². The fraction of sp³-hybridized carbons (Fsp3) is 0.542. The number of nitrogens with one attached hydrogen (secondary N) is 1. The highest BCUT2D eigenvalue weighted by atomic mass is 19.1. The summed E-state index contributed by atoms with van der Waals surface area (Å²) in [6.07, 6.45) is 1.14. The van der Waals surface area contributed by atoms with Crippen LogP contribution >= 0.6 is 0 Å². The zero-order chi connectivity index (χ0) is 22.5. The van der Waals surface area contributed by atoms with Crippen molar-refractivity contribution in [1.29, 1.82) is 0 Å². The Morgan fingerprint density at radius 1 is 1.12 bits per heavy atom. The maximum absolute atomic E-state index is 15.6. The largest absolute Gasteiger partial charge is 0.383 e. The summed E-state index contributed by atoms with van der Waals surface area (Å²) in [6.45, 7) is 8.91. The third kappa shape index (κ3) is 3.78. The van der Waals surface area contributed by atoms with E-state index in [0.29, 0.717) is 35.9 Å². The maximum Gasteiger partial charge on any atom is 0.164 e. The van der Waals surface area contributed by atoms with Crippen LogP contribution in [-0.2, 0) is 0 Å². The highest BCUT2D eigenvalue weighted by Gasteiger charge is 2.40. The van der Waals surface area contributed by atoms with Gasteiger partial charge in [0.2, 0.25) is 0 Å². The number of fused-ring (bicyclic) bond motifs is 1. The van der Waals surface area contributed by atoms with Gasteiger partial charge >= 0.3 is 0 Å². The topological polar surface area (TPSA) is 88.1 Å². The first-order chi connectivity index (χ1) is 16.1. The molecule has 0 amide bonds. The SMILES string of the molecule is Cc1ccc(-c2nn(C3CCN(C4CN(CC5CNC5)C4)C[C@@H]3F)c3ncnc(N)c23)cc1. The maximum atomic E-state index is 15.6. The van der Waals surface area contributed by atoms with Crippen molar-refractivity contribution in [2.24, 2.45) is 5.92 Å². The Balaban J connectivity index is 1.21. The number of hydrogen-bond donors (Lipinski definition) is 2. The Morgan fingerprint density at radius 2 is 1.91 bits per heavy atom. The minimum Gasteiger partial charge on any atom is -0.383 e. The molecule has 9 heteroatoms. The number of aryl methyl sites for hydroxylation is 1. The van der Waals surface area contributed by atoms with Gasteiger partial charge in [0, 0.05) is 57.4 Å². The predicted molar refractivity (Wildman–Crippen MR) is 127 cm³/mol. The molecule has 3 aliphatic rings. The molecule has 0 saturated carbocycles. The van der Waals surface area contributed by atoms with Gasteiger partial charge in [0.05, 0.1) is 11.4 Å². The summed E-state index contributed by atoms with van der Waals surface area (Å²) in [5.41, 5.74) is 9.68. The second kappa shape index (κ2) is 8.30. The molecular weight excluding hydrogens is 419 g/mol. The van der Waals surface area contributed by atoms with Crippen molar-refractivity contribution >= 4 is 16.9 Å². The number of aromatic nitrogens is 4. The highest BCUT2D eigenvalue weighted by molar-refractivity contribution is 5.98. The number of halogens is 1. The van der Waals surface area contributed by atoms with Gasteiger partial charge in [0.25, 0.3) is 0 Å². The van der Waals surface area contributed by atoms with Crippen LogP contribution in [0.4, 0.5) is 10.2 Å². The molecule has 6 rings (SSSR count). The first-order valence-electron chi connectivity index (χ1n) is 11.9. The van der Waals surface area contributed by atoms with E-state index in [1.165, 1.54) is 18.4 Å². The number of likely N-dealkylation sites (tertiary alicyclic amines) is 2. The molecule has 33 heavy (non-hydrogen) atoms. The molecule has 174 valence electrons. The summed E-state index contributed by atoms with van der Waals surface area (Å²) >= 11 is 0. The van der Waals surface area contributed by atoms with Gasteiger partial charge in [0.15, 0.2) is 5.65 Å². The zero-order valence-electron chi connectivity index (χ0n) is 19.0. The molecule has 1 aromatic carbocycles. The van der Waals surface area contributed by atoms with Gasteiger partial charge in [-0.25, -0.2) is 19.0 Å². The number of piperidine rings is 1. The van der Waals surface area contributed by atoms with E-state index in [2.05, 4.69) is 25.1 Å². The van der Waals surface area contributed by atoms with E-state index < -0.39 is 6.17 Å². The average Bonchev–Trinajstić information content (AvgIpc) is 3.13. The number of anilines is 1. The molecule has 2 atom stereocenters. The molecule has 3 aliphatic heterocycles. The van der Waals surface area contributed by atoms with E-state index in [4.69, 9.17) is 10.8 Å². The van der Waals surface area contributed by atoms with Crippen molar-refractivity contribution in [2.75, 3.05) is 51.5 Å². The standard InChI is InChI=1S/C24H31FN8/c1-15-2-4-17(5-3-15)22-21-23(26)28-14-29-24(21)33(30-22)20-6-7-32(13-19(20)25)18-11-31(12-18)10-16-8-27-9-16/h2-5,14,16,18-20,27H,6-13H2,1H3,(H2,26,28,29)/t19-,20?/m0/s1. The number of benzene rings is 1. The van der Waals surface area contributed by atoms with Gasteiger partial charge in [-0.1, -0.05) is 29.8 Å². The summed E-state index contributed by atoms with van der Waals surface area (Å²) in [7, 11) is 0. The van der Waals surface area contributed by atoms with Crippen LogP contribution in [0, 0.1) is 12.8 Å². The summed E-state index contributed by atoms with van der Waals surface area (Å²) in [4.78, 5) is 13.5. The van der Waals surface area contributed by atoms with Gasteiger partial charge < -0.3 is 11.1 Å². The Morgan fingerprint density at radius 3 is 2.61 bits per heavy atom. The average molecular weight is 451 g/mol. The Kier molecular flexibility index (Phi) is 5.27. The number of nitrogen functional groups attached to an aromatic ring is 1. The van der Waals surface area contributed by atoms with Crippen LogP contribution in [0.2, 0.25) is 0 Å². The van der Waals surface area contributed by atoms with Crippen LogP contribution in [0.25, 0.3) is 22.3 Å². The molecule has 2 aromatic heterocycles. The number of rotatable bonds is 5. The highest BCUT2D eigenvalue weighted by Crippen LogP contribution is 2.36. The molecule has 3 N–H and O–H groups in total. The molecule has 1 unspecified atom stereocenters. The van der Waals surface area contributed by atoms with Crippen LogP contribution in [0.3, 0.4) is 0 Å². The number of hydrogen-bond acceptors (Lipinski definition) is 7. The van der Waals surface area contributed by atoms with E-state index in [1.807, 2.05) is 31.2 Å². The molecule has 5 heterocycles. The molecular formula is C24H31FN8. The Bertz CT molecular complexity index is 1140. The second-order valence-electron chi connectivity index (χ2n) is 9.88. The van der Waals surface area contributed by atoms with Crippen molar-refractivity contribution in [2.45, 2.75) is 31.6 Å². The summed E-state index contributed by atoms with van der Waals surface area (Å²) in [5, 5.41) is 8.89. The van der Waals surface area contributed by atoms with Crippen molar-refractivity contribution < 1.29 is 4.39 Å². The third-order valence-electron chi connectivity index (χ3n) is 7.53. The lowest BCUT2D eigenvalue weighted by atomic mass is 9.96. The Hall–Kier alpha value is -2.62. The lowest BCUT2D eigenvalue weighted by Crippen LogP contribution is -2.64. The molecule has 3 fully saturated rings. The molecule has 8 nitrogen and oxygen atoms in total. The Labute approximate surface area is 193 Å². The van der Waals surface area contributed by atoms with Crippen molar-refractivity contribution in [1.82, 2.24) is 34.9 Å². The minimum absolute atomic E-state index is 0.352. The van der Waals surface area contributed by atoms with Crippen molar-refractivity contribution in [3.63, 3.8) is 0 Å². The van der Waals surface area contributed by atoms with Crippen LogP contribution < -0.4 is 11.1 Å². The summed E-state index contributed by atoms with van der Waals surface area (Å²) in [5.74, 6) is 1.17. The summed E-state index contributed by atoms with van der Waals surface area (Å²) in [6, 6.07) is 8.24. The van der Waals surface area contributed by atoms with Gasteiger partial charge in [-0.05, 0) is 19.3 Å². The number of nitrogens with zero attached hydrogens (tertiary/aromatic N) is 6. The first kappa shape index (κ1) is 20.9. The van der Waals surface area contributed by atoms with Crippen molar-refractivity contribution in [3.05, 3.63) is 36.2 Å². The fourth-order valence-electron chi connectivity index (χ4n) is 5.43. The molecule has 3 saturated heterocycles. The van der Waals surface area contributed by atoms with E-state index in [-0.39, 0.29) is 6.04 Å². The zero-order valence-corrected chi connectivity index (χ0v) is 19.0. The molecule has 0 radical (unpaired) electrons. The monoisotopic (exact) mass is 450 g/mol. The van der Waals surface area contributed by atoms with Crippen LogP contribution in [-0.4, -0.2) is 87.6 Å². The molecule has 3 aromatic rings. The van der Waals surface area contributed by atoms with Crippen molar-refractivity contribution in [3.8, 4) is 11.3 Å².